The van der Waals surface area contributed by atoms with Crippen molar-refractivity contribution < 1.29 is 159 Å². The Balaban J connectivity index is 0.850. The lowest BCUT2D eigenvalue weighted by Crippen LogP contribution is -2.43. The van der Waals surface area contributed by atoms with E-state index in [-0.39, 0.29) is 104 Å². The summed E-state index contributed by atoms with van der Waals surface area (Å²) in [6, 6.07) is 0. The maximum Gasteiger partial charge on any atom is 0.330 e. The summed E-state index contributed by atoms with van der Waals surface area (Å²) in [7, 11) is -11.0. The number of aliphatic hydroxyl groups excluding tert-OH is 1. The number of ether oxygens (including phenoxy) is 15. The number of phosphoric ester groups is 3. The molecule has 8 N–H and O–H groups in total. The first kappa shape index (κ1) is 101. The molecule has 718 valence electrons. The number of nitrogens with zero attached hydrogens (tertiary/aromatic N) is 11. The number of H-pyrrole nitrogens is 3. The summed E-state index contributed by atoms with van der Waals surface area (Å²) in [6.07, 6.45) is -28.2. The highest BCUT2D eigenvalue weighted by molar-refractivity contribution is 8.32. The average molecular weight is 1970 g/mol. The lowest BCUT2D eigenvalue weighted by atomic mass is 10.1. The first-order valence-electron chi connectivity index (χ1n) is 38.7. The van der Waals surface area contributed by atoms with Crippen LogP contribution in [0.4, 0.5) is 11.6 Å². The van der Waals surface area contributed by atoms with Crippen molar-refractivity contribution in [3.8, 4) is 0 Å². The number of imidazole rings is 2. The Labute approximate surface area is 738 Å². The summed E-state index contributed by atoms with van der Waals surface area (Å²) in [4.78, 5) is 171. The third-order valence-corrected chi connectivity index (χ3v) is 26.3. The van der Waals surface area contributed by atoms with Crippen molar-refractivity contribution in [3.05, 3.63) is 123 Å². The second-order valence-corrected chi connectivity index (χ2v) is 38.3. The van der Waals surface area contributed by atoms with E-state index in [1.807, 2.05) is 0 Å². The Bertz CT molecular complexity index is 5640. The zero-order valence-corrected chi connectivity index (χ0v) is 75.8. The van der Waals surface area contributed by atoms with Gasteiger partial charge in [0.15, 0.2) is 60.9 Å². The molecule has 5 aliphatic heterocycles. The highest BCUT2D eigenvalue weighted by Gasteiger charge is 2.57. The van der Waals surface area contributed by atoms with Crippen LogP contribution in [0.25, 0.3) is 22.3 Å². The molecule has 0 aliphatic carbocycles. The SMILES string of the molecule is COCCO[C@H]1C(OP(=O)([O-])OC[C@H]2O[C@@H](n3cc(C)c(=O)[nH]c3=O)[C@@H](OCCOC)C2OP(=O)([S-])OC)[C@@H](COP(=O)([O-])OC2[C@@H](COP(=O)([O-])OC3[C@@H](COP([O-])(=S)OC4[C@@H](CO)O[C@@H](n5cnc6c(N)ncnc65)[C@H]4OCCOC)O[C@@H](n4cnc5c(N)ncnc54)[C@H]3OCCOC)O[C@@H](n3cc(C)c(=O)[nH]c3=O)[C@H]2OCCOC)O[C@H]1n1cc(C)c(=O)[nH]c1=O. The Kier molecular flexibility index (Phi) is 34.8. The lowest BCUT2D eigenvalue weighted by molar-refractivity contribution is -0.241. The molecule has 56 nitrogen and oxygen atoms in total. The summed E-state index contributed by atoms with van der Waals surface area (Å²) in [5.41, 5.74) is 6.21. The van der Waals surface area contributed by atoms with Crippen LogP contribution in [-0.2, 0) is 159 Å². The van der Waals surface area contributed by atoms with Crippen molar-refractivity contribution in [1.29, 1.82) is 0 Å². The van der Waals surface area contributed by atoms with Gasteiger partial charge in [0.25, 0.3) is 40.1 Å². The van der Waals surface area contributed by atoms with E-state index < -0.39 is 240 Å². The number of nitrogens with two attached hydrogens (primary N) is 2. The molecular weight excluding hydrogens is 1880 g/mol. The van der Waals surface area contributed by atoms with Crippen LogP contribution in [0, 0.1) is 20.8 Å². The lowest BCUT2D eigenvalue weighted by Gasteiger charge is -2.36. The number of fused-ring (bicyclic) bond motifs is 2. The molecule has 63 heteroatoms. The maximum atomic E-state index is 15.1. The topological polar surface area (TPSA) is 715 Å². The Morgan fingerprint density at radius 2 is 0.690 bits per heavy atom. The maximum absolute atomic E-state index is 15.1. The van der Waals surface area contributed by atoms with Crippen LogP contribution in [0.2, 0.25) is 0 Å². The molecule has 129 heavy (non-hydrogen) atoms. The Morgan fingerprint density at radius 1 is 0.411 bits per heavy atom. The molecule has 0 radical (unpaired) electrons. The van der Waals surface area contributed by atoms with Crippen molar-refractivity contribution >= 4 is 95.0 Å². The van der Waals surface area contributed by atoms with Gasteiger partial charge in [-0.25, -0.2) is 44.3 Å². The number of aliphatic hydroxyl groups is 1. The third-order valence-electron chi connectivity index (χ3n) is 20.2. The average Bonchev–Trinajstić information content (AvgIpc) is 1.62. The predicted octanol–water partition coefficient (Wildman–Crippen LogP) is -4.67. The number of methoxy groups -OCH3 is 5. The van der Waals surface area contributed by atoms with E-state index in [1.54, 1.807) is 0 Å². The molecule has 0 bridgehead atoms. The normalized spacial score (nSPS) is 29.0. The number of aromatic amines is 3. The second kappa shape index (κ2) is 44.3. The van der Waals surface area contributed by atoms with Gasteiger partial charge in [-0.2, -0.15) is 0 Å². The quantitative estimate of drug-likeness (QED) is 0.0119. The van der Waals surface area contributed by atoms with Crippen molar-refractivity contribution in [2.24, 2.45) is 0 Å². The molecule has 0 amide bonds. The zero-order chi connectivity index (χ0) is 93.2. The van der Waals surface area contributed by atoms with Crippen molar-refractivity contribution in [2.45, 2.75) is 143 Å². The van der Waals surface area contributed by atoms with Crippen LogP contribution >= 0.6 is 37.0 Å². The number of phosphoric acid groups is 3. The van der Waals surface area contributed by atoms with E-state index in [2.05, 4.69) is 44.9 Å². The smallest absolute Gasteiger partial charge is 0.330 e. The molecule has 7 aromatic heterocycles. The predicted molar refractivity (Wildman–Crippen MR) is 430 cm³/mol. The van der Waals surface area contributed by atoms with Gasteiger partial charge < -0.3 is 165 Å². The summed E-state index contributed by atoms with van der Waals surface area (Å²) in [6.45, 7) is -14.1. The zero-order valence-electron chi connectivity index (χ0n) is 69.7. The minimum absolute atomic E-state index is 0.0000635. The highest BCUT2D eigenvalue weighted by Crippen LogP contribution is 2.55. The third kappa shape index (κ3) is 24.4. The highest BCUT2D eigenvalue weighted by atomic mass is 32.7. The number of anilines is 2. The minimum atomic E-state index is -6.26. The number of aryl methyl sites for hydroxylation is 3. The molecule has 7 aromatic rings. The van der Waals surface area contributed by atoms with Gasteiger partial charge in [-0.1, -0.05) is 11.8 Å². The summed E-state index contributed by atoms with van der Waals surface area (Å²) < 4.78 is 208. The molecule has 0 aromatic carbocycles. The van der Waals surface area contributed by atoms with E-state index in [1.165, 1.54) is 78.1 Å². The van der Waals surface area contributed by atoms with Gasteiger partial charge in [0.05, 0.1) is 112 Å². The minimum Gasteiger partial charge on any atom is -0.780 e. The molecule has 25 atom stereocenters. The Hall–Kier alpha value is -6.54. The molecule has 10 unspecified atom stereocenters. The number of nitrogens with one attached hydrogen (secondary N) is 3. The number of nitrogen functional groups attached to an aromatic ring is 2. The molecule has 12 heterocycles. The molecule has 5 fully saturated rings. The first-order valence-corrected chi connectivity index (χ1v) is 48.2. The monoisotopic (exact) mass is 1970 g/mol. The first-order chi connectivity index (χ1) is 61.4. The molecule has 5 saturated heterocycles. The van der Waals surface area contributed by atoms with Gasteiger partial charge in [0.1, 0.15) is 122 Å². The van der Waals surface area contributed by atoms with Gasteiger partial charge >= 0.3 is 17.1 Å². The van der Waals surface area contributed by atoms with Crippen LogP contribution in [0.15, 0.2) is 72.7 Å². The van der Waals surface area contributed by atoms with E-state index in [0.717, 1.165) is 52.1 Å². The largest absolute Gasteiger partial charge is 0.780 e. The molecule has 0 saturated carbocycles. The van der Waals surface area contributed by atoms with E-state index >= 15 is 18.9 Å². The number of hydrogen-bond donors (Lipinski definition) is 6. The fourth-order valence-corrected chi connectivity index (χ4v) is 19.4. The van der Waals surface area contributed by atoms with Crippen molar-refractivity contribution in [2.75, 3.05) is 153 Å². The van der Waals surface area contributed by atoms with E-state index in [0.29, 0.717) is 0 Å². The summed E-state index contributed by atoms with van der Waals surface area (Å²) in [5.74, 6) is -0.118. The fraction of sp³-hybridized carbons (Fsp3) is 0.667. The number of hydrogen-bond acceptors (Lipinski definition) is 50. The van der Waals surface area contributed by atoms with Crippen molar-refractivity contribution in [3.63, 3.8) is 0 Å². The van der Waals surface area contributed by atoms with Crippen LogP contribution in [-0.4, -0.2) is 306 Å². The van der Waals surface area contributed by atoms with Crippen LogP contribution in [0.3, 0.4) is 0 Å². The van der Waals surface area contributed by atoms with Gasteiger partial charge in [-0.05, 0) is 20.8 Å². The summed E-state index contributed by atoms with van der Waals surface area (Å²) in [5, 5.41) is 10.8. The molecule has 0 spiro atoms. The number of rotatable bonds is 49. The summed E-state index contributed by atoms with van der Waals surface area (Å²) >= 11 is 10.6. The molecule has 12 rings (SSSR count). The van der Waals surface area contributed by atoms with Crippen LogP contribution in [0.1, 0.15) is 47.8 Å². The second-order valence-electron chi connectivity index (χ2n) is 28.7. The van der Waals surface area contributed by atoms with Gasteiger partial charge in [-0.15, -0.1) is 0 Å². The van der Waals surface area contributed by atoms with E-state index in [4.69, 9.17) is 152 Å². The van der Waals surface area contributed by atoms with Gasteiger partial charge in [0.2, 0.25) is 0 Å². The number of aromatic nitrogens is 14. The van der Waals surface area contributed by atoms with Gasteiger partial charge in [-0.3, -0.25) is 70.4 Å². The van der Waals surface area contributed by atoms with E-state index in [9.17, 15) is 52.8 Å². The van der Waals surface area contributed by atoms with Crippen LogP contribution in [0.5, 0.6) is 0 Å². The fourth-order valence-electron chi connectivity index (χ4n) is 14.2. The van der Waals surface area contributed by atoms with Crippen molar-refractivity contribution in [1.82, 2.24) is 67.7 Å². The Morgan fingerprint density at radius 3 is 0.984 bits per heavy atom. The van der Waals surface area contributed by atoms with Crippen LogP contribution < -0.4 is 64.8 Å². The molecular formula is C66H92N16O40P5S2-5. The molecule has 5 aliphatic rings. The standard InChI is InChI=1S/C66H97N16O40P5S2/c1-32-20-78(64(87)75-56(32)84)59-48(105-16-11-99-5)43(118-123(90,91)109-24-36-44(49(106-17-12-100-6)60(114-36)79-21-33(2)57(85)76-65(79)88)119-125(94,95)111-26-38-46(121-126(96,128)103-9)51(108-19-14-102-8)61(116-38)80-22-34(3)58(86)77-66(80)89)37(115-59)25-110-124(92,93)120-45-39(117-63(50(45)107-18-13-101-7)82-31-74-41-53(68)70-29-72-55(41)82)27-112-127(97,129)122-42-35(23-83)113-62(47(42)104-15-10-98-4)81-30-73-40-52(67)69-28-71-54(40)81/h20-22,28-31,35-39,42-51,59-63,83H,10-19,23-27H2,1-9H3,(H,90,91)(H,92,93)(H,94,95)(H,96,128)(H,97,129)(H2,67,69,71)(H2,68,70,72)(H,75,84,87)(H,76,85,88)(H,77,86,89)/p-5/t35-,36-,37-,38-,39-,42?,43?,44?,45?,46?,47+,48+,49+,50+,51+,59-,60-,61-,62-,63-,126?,127?/m1/s1. The van der Waals surface area contributed by atoms with Gasteiger partial charge in [0, 0.05) is 77.9 Å².